The van der Waals surface area contributed by atoms with Crippen LogP contribution in [-0.4, -0.2) is 22.2 Å². The summed E-state index contributed by atoms with van der Waals surface area (Å²) in [6.07, 6.45) is -2.79. The fraction of sp³-hybridized carbons (Fsp3) is 0.211. The number of anilines is 1. The maximum absolute atomic E-state index is 12.3. The average molecular weight is 388 g/mol. The Labute approximate surface area is 157 Å². The minimum atomic E-state index is -4.49. The van der Waals surface area contributed by atoms with E-state index in [0.717, 1.165) is 5.56 Å². The Morgan fingerprint density at radius 2 is 2.04 bits per heavy atom. The topological polar surface area (TPSA) is 79.4 Å². The Hall–Kier alpha value is -3.54. The quantitative estimate of drug-likeness (QED) is 0.725. The summed E-state index contributed by atoms with van der Waals surface area (Å²) in [6.45, 7) is 0.600. The number of nitrogens with zero attached hydrogens (tertiary/aromatic N) is 3. The lowest BCUT2D eigenvalue weighted by atomic mass is 10.2. The van der Waals surface area contributed by atoms with Gasteiger partial charge in [0, 0.05) is 18.0 Å². The third kappa shape index (κ3) is 4.59. The number of alkyl halides is 3. The van der Waals surface area contributed by atoms with Crippen molar-refractivity contribution in [2.75, 3.05) is 11.9 Å². The van der Waals surface area contributed by atoms with Crippen molar-refractivity contribution < 1.29 is 17.9 Å². The van der Waals surface area contributed by atoms with Gasteiger partial charge in [-0.3, -0.25) is 9.20 Å². The van der Waals surface area contributed by atoms with Gasteiger partial charge in [0.2, 0.25) is 0 Å². The van der Waals surface area contributed by atoms with Crippen LogP contribution < -0.4 is 15.6 Å². The number of pyridine rings is 1. The predicted octanol–water partition coefficient (Wildman–Crippen LogP) is 3.43. The first-order valence-corrected chi connectivity index (χ1v) is 8.22. The van der Waals surface area contributed by atoms with E-state index >= 15 is 0 Å². The molecule has 0 aliphatic carbocycles. The molecule has 1 N–H and O–H groups in total. The molecular formula is C19H15F3N4O2. The van der Waals surface area contributed by atoms with E-state index in [1.807, 2.05) is 19.1 Å². The number of nitrogens with one attached hydrogen (secondary N) is 1. The van der Waals surface area contributed by atoms with Crippen molar-refractivity contribution in [3.05, 3.63) is 69.8 Å². The highest BCUT2D eigenvalue weighted by Gasteiger charge is 2.28. The first-order chi connectivity index (χ1) is 13.2. The zero-order valence-electron chi connectivity index (χ0n) is 14.7. The predicted molar refractivity (Wildman–Crippen MR) is 96.2 cm³/mol. The van der Waals surface area contributed by atoms with Crippen LogP contribution in [0.25, 0.3) is 5.65 Å². The summed E-state index contributed by atoms with van der Waals surface area (Å²) in [5.74, 6) is -0.150. The van der Waals surface area contributed by atoms with E-state index in [2.05, 4.69) is 15.0 Å². The Morgan fingerprint density at radius 3 is 2.75 bits per heavy atom. The molecule has 3 rings (SSSR count). The van der Waals surface area contributed by atoms with Gasteiger partial charge in [0.1, 0.15) is 17.5 Å². The smallest absolute Gasteiger partial charge is 0.422 e. The molecule has 0 bridgehead atoms. The molecule has 2 heterocycles. The van der Waals surface area contributed by atoms with Gasteiger partial charge in [0.05, 0.1) is 17.8 Å². The highest BCUT2D eigenvalue weighted by molar-refractivity contribution is 5.55. The third-order valence-corrected chi connectivity index (χ3v) is 3.83. The molecule has 0 spiro atoms. The normalized spacial score (nSPS) is 11.2. The molecule has 0 radical (unpaired) electrons. The molecule has 2 aromatic heterocycles. The lowest BCUT2D eigenvalue weighted by Crippen LogP contribution is -2.19. The summed E-state index contributed by atoms with van der Waals surface area (Å²) in [5, 5.41) is 12.1. The van der Waals surface area contributed by atoms with Crippen LogP contribution in [0, 0.1) is 18.3 Å². The number of hydrogen-bond acceptors (Lipinski definition) is 5. The lowest BCUT2D eigenvalue weighted by molar-refractivity contribution is -0.153. The van der Waals surface area contributed by atoms with Crippen molar-refractivity contribution in [1.29, 1.82) is 5.26 Å². The van der Waals surface area contributed by atoms with E-state index in [0.29, 0.717) is 17.0 Å². The van der Waals surface area contributed by atoms with Crippen molar-refractivity contribution in [1.82, 2.24) is 9.38 Å². The number of nitriles is 1. The summed E-state index contributed by atoms with van der Waals surface area (Å²) >= 11 is 0. The summed E-state index contributed by atoms with van der Waals surface area (Å²) in [7, 11) is 0. The van der Waals surface area contributed by atoms with Gasteiger partial charge < -0.3 is 10.1 Å². The van der Waals surface area contributed by atoms with E-state index in [-0.39, 0.29) is 23.4 Å². The van der Waals surface area contributed by atoms with Crippen LogP contribution in [-0.2, 0) is 6.54 Å². The zero-order chi connectivity index (χ0) is 20.3. The molecule has 0 saturated carbocycles. The van der Waals surface area contributed by atoms with Crippen molar-refractivity contribution in [2.45, 2.75) is 19.6 Å². The number of aryl methyl sites for hydroxylation is 1. The highest BCUT2D eigenvalue weighted by atomic mass is 19.4. The Balaban J connectivity index is 1.76. The largest absolute Gasteiger partial charge is 0.483 e. The minimum Gasteiger partial charge on any atom is -0.483 e. The molecule has 0 fully saturated rings. The monoisotopic (exact) mass is 388 g/mol. The second-order valence-electron chi connectivity index (χ2n) is 6.10. The van der Waals surface area contributed by atoms with Crippen LogP contribution in [0.4, 0.5) is 18.9 Å². The maximum atomic E-state index is 12.3. The van der Waals surface area contributed by atoms with Gasteiger partial charge in [0.25, 0.3) is 5.56 Å². The zero-order valence-corrected chi connectivity index (χ0v) is 14.7. The summed E-state index contributed by atoms with van der Waals surface area (Å²) < 4.78 is 42.9. The number of ether oxygens (including phenoxy) is 1. The Bertz CT molecular complexity index is 1120. The van der Waals surface area contributed by atoms with Gasteiger partial charge in [-0.15, -0.1) is 0 Å². The number of fused-ring (bicyclic) bond motifs is 1. The van der Waals surface area contributed by atoms with Crippen molar-refractivity contribution in [3.63, 3.8) is 0 Å². The van der Waals surface area contributed by atoms with E-state index in [4.69, 9.17) is 5.26 Å². The van der Waals surface area contributed by atoms with Crippen molar-refractivity contribution in [2.24, 2.45) is 0 Å². The standard InChI is InChI=1S/C19H15F3N4O2/c1-12-2-5-17-25-15(7-18(27)26(17)10-12)9-24-14-3-4-16(13(6-14)8-23)28-11-19(20,21)22/h2-7,10,24H,9,11H2,1H3. The fourth-order valence-corrected chi connectivity index (χ4v) is 2.55. The molecule has 0 aliphatic heterocycles. The SMILES string of the molecule is Cc1ccc2nc(CNc3ccc(OCC(F)(F)F)c(C#N)c3)cc(=O)n2c1. The van der Waals surface area contributed by atoms with Crippen LogP contribution in [0.2, 0.25) is 0 Å². The number of aromatic nitrogens is 2. The van der Waals surface area contributed by atoms with Crippen LogP contribution in [0.1, 0.15) is 16.8 Å². The fourth-order valence-electron chi connectivity index (χ4n) is 2.55. The van der Waals surface area contributed by atoms with E-state index in [1.165, 1.54) is 28.7 Å². The molecule has 1 aromatic carbocycles. The van der Waals surface area contributed by atoms with Crippen LogP contribution in [0.5, 0.6) is 5.75 Å². The number of halogens is 3. The van der Waals surface area contributed by atoms with Gasteiger partial charge in [-0.2, -0.15) is 18.4 Å². The van der Waals surface area contributed by atoms with Gasteiger partial charge in [-0.1, -0.05) is 6.07 Å². The number of hydrogen-bond donors (Lipinski definition) is 1. The second-order valence-corrected chi connectivity index (χ2v) is 6.10. The molecule has 0 saturated heterocycles. The molecule has 28 heavy (non-hydrogen) atoms. The molecule has 9 heteroatoms. The van der Waals surface area contributed by atoms with Gasteiger partial charge in [0.15, 0.2) is 6.61 Å². The number of benzene rings is 1. The molecule has 6 nitrogen and oxygen atoms in total. The number of rotatable bonds is 5. The summed E-state index contributed by atoms with van der Waals surface area (Å²) in [6, 6.07) is 10.9. The molecule has 0 amide bonds. The summed E-state index contributed by atoms with van der Waals surface area (Å²) in [4.78, 5) is 16.6. The Morgan fingerprint density at radius 1 is 1.25 bits per heavy atom. The van der Waals surface area contributed by atoms with E-state index in [9.17, 15) is 18.0 Å². The van der Waals surface area contributed by atoms with Crippen molar-refractivity contribution in [3.8, 4) is 11.8 Å². The Kier molecular flexibility index (Phi) is 5.22. The van der Waals surface area contributed by atoms with Gasteiger partial charge in [-0.05, 0) is 36.8 Å². The van der Waals surface area contributed by atoms with Crippen LogP contribution >= 0.6 is 0 Å². The van der Waals surface area contributed by atoms with E-state index < -0.39 is 12.8 Å². The molecule has 0 aliphatic rings. The second kappa shape index (κ2) is 7.60. The lowest BCUT2D eigenvalue weighted by Gasteiger charge is -2.12. The average Bonchev–Trinajstić information content (AvgIpc) is 2.65. The molecule has 0 unspecified atom stereocenters. The van der Waals surface area contributed by atoms with Crippen LogP contribution in [0.15, 0.2) is 47.4 Å². The van der Waals surface area contributed by atoms with Crippen molar-refractivity contribution >= 4 is 11.3 Å². The first-order valence-electron chi connectivity index (χ1n) is 8.22. The van der Waals surface area contributed by atoms with E-state index in [1.54, 1.807) is 12.3 Å². The highest BCUT2D eigenvalue weighted by Crippen LogP contribution is 2.25. The van der Waals surface area contributed by atoms with Crippen LogP contribution in [0.3, 0.4) is 0 Å². The molecule has 144 valence electrons. The molecule has 3 aromatic rings. The van der Waals surface area contributed by atoms with Gasteiger partial charge >= 0.3 is 6.18 Å². The maximum Gasteiger partial charge on any atom is 0.422 e. The molecular weight excluding hydrogens is 373 g/mol. The minimum absolute atomic E-state index is 0.0312. The molecule has 0 atom stereocenters. The van der Waals surface area contributed by atoms with Gasteiger partial charge in [-0.25, -0.2) is 4.98 Å². The summed E-state index contributed by atoms with van der Waals surface area (Å²) in [5.41, 5.74) is 2.16. The first kappa shape index (κ1) is 19.2. The third-order valence-electron chi connectivity index (χ3n) is 3.83.